The van der Waals surface area contributed by atoms with E-state index in [-0.39, 0.29) is 19.0 Å². The fourth-order valence-electron chi connectivity index (χ4n) is 2.38. The van der Waals surface area contributed by atoms with Gasteiger partial charge in [0.1, 0.15) is 18.1 Å². The van der Waals surface area contributed by atoms with Crippen LogP contribution < -0.4 is 10.1 Å². The number of carbonyl (C=O) groups excluding carboxylic acids is 2. The van der Waals surface area contributed by atoms with Crippen LogP contribution >= 0.6 is 0 Å². The van der Waals surface area contributed by atoms with E-state index in [0.29, 0.717) is 17.0 Å². The second kappa shape index (κ2) is 8.71. The molecular weight excluding hydrogens is 346 g/mol. The van der Waals surface area contributed by atoms with Gasteiger partial charge in [-0.2, -0.15) is 0 Å². The Balaban J connectivity index is 1.61. The Kier molecular flexibility index (Phi) is 5.89. The summed E-state index contributed by atoms with van der Waals surface area (Å²) < 4.78 is 16.1. The molecule has 6 nitrogen and oxygen atoms in total. The van der Waals surface area contributed by atoms with E-state index >= 15 is 0 Å². The zero-order valence-corrected chi connectivity index (χ0v) is 14.8. The molecule has 0 aliphatic carbocycles. The molecule has 0 spiro atoms. The molecule has 0 fully saturated rings. The molecule has 3 aromatic rings. The number of esters is 1. The molecule has 0 radical (unpaired) electrons. The summed E-state index contributed by atoms with van der Waals surface area (Å²) >= 11 is 0. The fourth-order valence-corrected chi connectivity index (χ4v) is 2.38. The van der Waals surface area contributed by atoms with Crippen LogP contribution in [0.15, 0.2) is 71.1 Å². The average Bonchev–Trinajstić information content (AvgIpc) is 3.17. The summed E-state index contributed by atoms with van der Waals surface area (Å²) in [5, 5.41) is 2.70. The number of hydrogen-bond acceptors (Lipinski definition) is 5. The Morgan fingerprint density at radius 2 is 1.81 bits per heavy atom. The summed E-state index contributed by atoms with van der Waals surface area (Å²) in [5.74, 6) is 0.553. The molecule has 27 heavy (non-hydrogen) atoms. The summed E-state index contributed by atoms with van der Waals surface area (Å²) in [5.41, 5.74) is 0.843. The van der Waals surface area contributed by atoms with E-state index in [1.54, 1.807) is 43.3 Å². The molecule has 1 aromatic heterocycles. The first kappa shape index (κ1) is 18.3. The number of nitrogens with one attached hydrogen (secondary N) is 1. The monoisotopic (exact) mass is 365 g/mol. The van der Waals surface area contributed by atoms with Gasteiger partial charge >= 0.3 is 5.97 Å². The van der Waals surface area contributed by atoms with Crippen LogP contribution in [0.1, 0.15) is 33.6 Å². The molecule has 1 N–H and O–H groups in total. The summed E-state index contributed by atoms with van der Waals surface area (Å²) in [6.07, 6.45) is 0. The van der Waals surface area contributed by atoms with Crippen molar-refractivity contribution in [2.75, 3.05) is 11.9 Å². The van der Waals surface area contributed by atoms with Crippen molar-refractivity contribution < 1.29 is 23.5 Å². The quantitative estimate of drug-likeness (QED) is 0.632. The lowest BCUT2D eigenvalue weighted by Crippen LogP contribution is -2.12. The molecule has 0 unspecified atom stereocenters. The zero-order valence-electron chi connectivity index (χ0n) is 14.8. The predicted molar refractivity (Wildman–Crippen MR) is 99.8 cm³/mol. The highest BCUT2D eigenvalue weighted by Gasteiger charge is 2.13. The van der Waals surface area contributed by atoms with Crippen LogP contribution in [0.5, 0.6) is 5.75 Å². The second-order valence-electron chi connectivity index (χ2n) is 5.62. The van der Waals surface area contributed by atoms with Crippen LogP contribution in [0.2, 0.25) is 0 Å². The highest BCUT2D eigenvalue weighted by molar-refractivity contribution is 6.03. The molecule has 1 heterocycles. The van der Waals surface area contributed by atoms with Gasteiger partial charge in [0, 0.05) is 5.69 Å². The third-order valence-corrected chi connectivity index (χ3v) is 3.64. The molecule has 0 atom stereocenters. The van der Waals surface area contributed by atoms with Crippen molar-refractivity contribution in [3.05, 3.63) is 83.8 Å². The van der Waals surface area contributed by atoms with E-state index in [4.69, 9.17) is 13.9 Å². The Bertz CT molecular complexity index is 917. The first-order valence-corrected chi connectivity index (χ1v) is 8.51. The van der Waals surface area contributed by atoms with Gasteiger partial charge in [0.05, 0.1) is 12.2 Å². The molecule has 0 saturated heterocycles. The minimum Gasteiger partial charge on any atom is -0.486 e. The smallest absolute Gasteiger partial charge is 0.338 e. The van der Waals surface area contributed by atoms with Crippen molar-refractivity contribution >= 4 is 17.6 Å². The van der Waals surface area contributed by atoms with Crippen LogP contribution in [-0.4, -0.2) is 18.5 Å². The number of anilines is 1. The summed E-state index contributed by atoms with van der Waals surface area (Å²) in [6.45, 7) is 2.24. The maximum absolute atomic E-state index is 12.3. The molecule has 138 valence electrons. The minimum atomic E-state index is -0.438. The third kappa shape index (κ3) is 4.98. The summed E-state index contributed by atoms with van der Waals surface area (Å²) in [6, 6.07) is 19.1. The largest absolute Gasteiger partial charge is 0.486 e. The Hall–Kier alpha value is -3.54. The predicted octanol–water partition coefficient (Wildman–Crippen LogP) is 4.29. The van der Waals surface area contributed by atoms with E-state index in [0.717, 1.165) is 5.75 Å². The first-order valence-electron chi connectivity index (χ1n) is 8.51. The van der Waals surface area contributed by atoms with Crippen LogP contribution in [-0.2, 0) is 11.3 Å². The number of carbonyl (C=O) groups is 2. The van der Waals surface area contributed by atoms with Gasteiger partial charge in [-0.25, -0.2) is 4.79 Å². The topological polar surface area (TPSA) is 77.8 Å². The molecule has 0 saturated carbocycles. The normalized spacial score (nSPS) is 10.3. The summed E-state index contributed by atoms with van der Waals surface area (Å²) in [4.78, 5) is 24.1. The molecule has 1 amide bonds. The number of ether oxygens (including phenoxy) is 2. The van der Waals surface area contributed by atoms with Gasteiger partial charge in [-0.05, 0) is 49.4 Å². The highest BCUT2D eigenvalue weighted by Crippen LogP contribution is 2.16. The number of hydrogen-bond donors (Lipinski definition) is 1. The second-order valence-corrected chi connectivity index (χ2v) is 5.62. The van der Waals surface area contributed by atoms with Crippen molar-refractivity contribution in [3.8, 4) is 5.75 Å². The van der Waals surface area contributed by atoms with E-state index < -0.39 is 11.9 Å². The Morgan fingerprint density at radius 1 is 1.00 bits per heavy atom. The SMILES string of the molecule is CCOC(=O)c1cccc(NC(=O)c2ccc(COc3ccccc3)o2)c1. The van der Waals surface area contributed by atoms with Crippen molar-refractivity contribution in [1.29, 1.82) is 0 Å². The average molecular weight is 365 g/mol. The van der Waals surface area contributed by atoms with Crippen molar-refractivity contribution in [3.63, 3.8) is 0 Å². The standard InChI is InChI=1S/C21H19NO5/c1-2-25-21(24)15-7-6-8-16(13-15)22-20(23)19-12-11-18(27-19)14-26-17-9-4-3-5-10-17/h3-13H,2,14H2,1H3,(H,22,23). The van der Waals surface area contributed by atoms with Gasteiger partial charge in [-0.3, -0.25) is 4.79 Å². The fraction of sp³-hybridized carbons (Fsp3) is 0.143. The van der Waals surface area contributed by atoms with Gasteiger partial charge in [0.2, 0.25) is 0 Å². The number of rotatable bonds is 7. The Labute approximate surface area is 156 Å². The molecule has 0 bridgehead atoms. The van der Waals surface area contributed by atoms with Crippen molar-refractivity contribution in [1.82, 2.24) is 0 Å². The van der Waals surface area contributed by atoms with Crippen LogP contribution in [0.3, 0.4) is 0 Å². The minimum absolute atomic E-state index is 0.156. The van der Waals surface area contributed by atoms with Crippen LogP contribution in [0.4, 0.5) is 5.69 Å². The van der Waals surface area contributed by atoms with Gasteiger partial charge in [-0.1, -0.05) is 24.3 Å². The lowest BCUT2D eigenvalue weighted by Gasteiger charge is -2.06. The van der Waals surface area contributed by atoms with Gasteiger partial charge in [0.25, 0.3) is 5.91 Å². The number of furan rings is 1. The zero-order chi connectivity index (χ0) is 19.1. The number of benzene rings is 2. The first-order chi connectivity index (χ1) is 13.2. The number of para-hydroxylation sites is 1. The lowest BCUT2D eigenvalue weighted by molar-refractivity contribution is 0.0526. The van der Waals surface area contributed by atoms with Crippen molar-refractivity contribution in [2.45, 2.75) is 13.5 Å². The molecule has 2 aromatic carbocycles. The highest BCUT2D eigenvalue weighted by atomic mass is 16.5. The van der Waals surface area contributed by atoms with E-state index in [1.165, 1.54) is 0 Å². The molecule has 3 rings (SSSR count). The maximum atomic E-state index is 12.3. The third-order valence-electron chi connectivity index (χ3n) is 3.64. The summed E-state index contributed by atoms with van der Waals surface area (Å²) in [7, 11) is 0. The molecule has 0 aliphatic rings. The van der Waals surface area contributed by atoms with Gasteiger partial charge < -0.3 is 19.2 Å². The maximum Gasteiger partial charge on any atom is 0.338 e. The molecular formula is C21H19NO5. The van der Waals surface area contributed by atoms with E-state index in [1.807, 2.05) is 30.3 Å². The molecule has 0 aliphatic heterocycles. The van der Waals surface area contributed by atoms with Crippen molar-refractivity contribution in [2.24, 2.45) is 0 Å². The van der Waals surface area contributed by atoms with Gasteiger partial charge in [-0.15, -0.1) is 0 Å². The Morgan fingerprint density at radius 3 is 2.59 bits per heavy atom. The lowest BCUT2D eigenvalue weighted by atomic mass is 10.2. The van der Waals surface area contributed by atoms with Crippen LogP contribution in [0.25, 0.3) is 0 Å². The molecule has 6 heteroatoms. The van der Waals surface area contributed by atoms with Crippen LogP contribution in [0, 0.1) is 0 Å². The van der Waals surface area contributed by atoms with Gasteiger partial charge in [0.15, 0.2) is 5.76 Å². The number of amides is 1. The van der Waals surface area contributed by atoms with E-state index in [2.05, 4.69) is 5.32 Å². The van der Waals surface area contributed by atoms with E-state index in [9.17, 15) is 9.59 Å².